The quantitative estimate of drug-likeness (QED) is 0.201. The Balaban J connectivity index is 1.44. The molecule has 40 heavy (non-hydrogen) atoms. The highest BCUT2D eigenvalue weighted by Crippen LogP contribution is 2.33. The number of fused-ring (bicyclic) bond motifs is 2. The molecule has 1 N–H and O–H groups in total. The highest BCUT2D eigenvalue weighted by molar-refractivity contribution is 6.39. The van der Waals surface area contributed by atoms with Crippen LogP contribution < -0.4 is 15.0 Å². The third-order valence-corrected chi connectivity index (χ3v) is 7.19. The Morgan fingerprint density at radius 2 is 1.48 bits per heavy atom. The van der Waals surface area contributed by atoms with Crippen molar-refractivity contribution in [3.8, 4) is 5.75 Å². The largest absolute Gasteiger partial charge is 0.488 e. The first-order chi connectivity index (χ1) is 19.4. The van der Waals surface area contributed by atoms with Gasteiger partial charge in [-0.25, -0.2) is 9.69 Å². The highest BCUT2D eigenvalue weighted by atomic mass is 16.5. The Kier molecular flexibility index (Phi) is 6.36. The van der Waals surface area contributed by atoms with Crippen LogP contribution in [0.4, 0.5) is 10.5 Å². The minimum Gasteiger partial charge on any atom is -0.488 e. The Bertz CT molecular complexity index is 1870. The van der Waals surface area contributed by atoms with Crippen LogP contribution in [0.1, 0.15) is 22.3 Å². The van der Waals surface area contributed by atoms with Gasteiger partial charge in [-0.05, 0) is 70.3 Å². The van der Waals surface area contributed by atoms with Crippen molar-refractivity contribution in [1.82, 2.24) is 5.32 Å². The second-order valence-electron chi connectivity index (χ2n) is 9.87. The number of carbonyl (C=O) groups excluding carboxylic acids is 3. The molecule has 6 heteroatoms. The number of aryl methyl sites for hydroxylation is 2. The molecule has 6 rings (SSSR count). The van der Waals surface area contributed by atoms with Gasteiger partial charge >= 0.3 is 6.03 Å². The van der Waals surface area contributed by atoms with E-state index in [4.69, 9.17) is 4.74 Å². The van der Waals surface area contributed by atoms with Crippen molar-refractivity contribution in [3.63, 3.8) is 0 Å². The molecule has 0 bridgehead atoms. The van der Waals surface area contributed by atoms with Crippen LogP contribution in [0.5, 0.6) is 5.75 Å². The summed E-state index contributed by atoms with van der Waals surface area (Å²) in [6.07, 6.45) is 1.53. The minimum absolute atomic E-state index is 0.146. The Labute approximate surface area is 231 Å². The molecule has 1 aliphatic heterocycles. The molecule has 0 saturated carbocycles. The van der Waals surface area contributed by atoms with Gasteiger partial charge in [0.25, 0.3) is 11.8 Å². The van der Waals surface area contributed by atoms with E-state index in [-0.39, 0.29) is 5.57 Å². The van der Waals surface area contributed by atoms with Crippen molar-refractivity contribution in [3.05, 3.63) is 125 Å². The van der Waals surface area contributed by atoms with Crippen LogP contribution in [0.15, 0.2) is 103 Å². The molecule has 0 aromatic heterocycles. The van der Waals surface area contributed by atoms with E-state index in [0.29, 0.717) is 23.6 Å². The van der Waals surface area contributed by atoms with Gasteiger partial charge in [-0.3, -0.25) is 14.9 Å². The van der Waals surface area contributed by atoms with Crippen molar-refractivity contribution in [2.24, 2.45) is 0 Å². The molecule has 4 amide bonds. The lowest BCUT2D eigenvalue weighted by atomic mass is 9.99. The van der Waals surface area contributed by atoms with Gasteiger partial charge < -0.3 is 4.74 Å². The number of carbonyl (C=O) groups is 3. The Morgan fingerprint density at radius 1 is 0.775 bits per heavy atom. The number of ether oxygens (including phenoxy) is 1. The number of anilines is 1. The van der Waals surface area contributed by atoms with E-state index in [1.165, 1.54) is 6.08 Å². The number of imide groups is 2. The van der Waals surface area contributed by atoms with E-state index < -0.39 is 17.8 Å². The fourth-order valence-electron chi connectivity index (χ4n) is 5.11. The van der Waals surface area contributed by atoms with E-state index >= 15 is 0 Å². The van der Waals surface area contributed by atoms with Gasteiger partial charge in [-0.15, -0.1) is 0 Å². The number of nitrogens with zero attached hydrogens (tertiary/aromatic N) is 1. The van der Waals surface area contributed by atoms with Crippen LogP contribution in [0.25, 0.3) is 27.6 Å². The Hall–Kier alpha value is -5.23. The number of hydrogen-bond donors (Lipinski definition) is 1. The smallest absolute Gasteiger partial charge is 0.335 e. The third-order valence-electron chi connectivity index (χ3n) is 7.19. The summed E-state index contributed by atoms with van der Waals surface area (Å²) >= 11 is 0. The fourth-order valence-corrected chi connectivity index (χ4v) is 5.11. The lowest BCUT2D eigenvalue weighted by Gasteiger charge is -2.28. The van der Waals surface area contributed by atoms with Crippen LogP contribution in [0.3, 0.4) is 0 Å². The molecule has 1 heterocycles. The summed E-state index contributed by atoms with van der Waals surface area (Å²) in [5.41, 5.74) is 3.53. The summed E-state index contributed by atoms with van der Waals surface area (Å²) < 4.78 is 6.35. The number of amides is 4. The maximum absolute atomic E-state index is 13.7. The second-order valence-corrected chi connectivity index (χ2v) is 9.87. The van der Waals surface area contributed by atoms with Crippen molar-refractivity contribution < 1.29 is 19.1 Å². The number of rotatable bonds is 5. The number of benzene rings is 5. The topological polar surface area (TPSA) is 75.7 Å². The lowest BCUT2D eigenvalue weighted by Crippen LogP contribution is -2.54. The molecule has 5 aromatic carbocycles. The molecule has 196 valence electrons. The summed E-state index contributed by atoms with van der Waals surface area (Å²) in [5, 5.41) is 6.30. The number of urea groups is 1. The lowest BCUT2D eigenvalue weighted by molar-refractivity contribution is -0.122. The van der Waals surface area contributed by atoms with Crippen molar-refractivity contribution in [2.75, 3.05) is 4.90 Å². The van der Waals surface area contributed by atoms with E-state index in [0.717, 1.165) is 43.1 Å². The molecule has 0 aliphatic carbocycles. The molecular formula is C34H26N2O4. The van der Waals surface area contributed by atoms with Crippen molar-refractivity contribution >= 4 is 51.2 Å². The van der Waals surface area contributed by atoms with E-state index in [1.807, 2.05) is 86.6 Å². The number of nitrogens with one attached hydrogen (secondary N) is 1. The molecular weight excluding hydrogens is 500 g/mol. The van der Waals surface area contributed by atoms with E-state index in [1.54, 1.807) is 6.07 Å². The van der Waals surface area contributed by atoms with Crippen LogP contribution in [0.2, 0.25) is 0 Å². The predicted molar refractivity (Wildman–Crippen MR) is 157 cm³/mol. The monoisotopic (exact) mass is 526 g/mol. The molecule has 1 saturated heterocycles. The van der Waals surface area contributed by atoms with Crippen LogP contribution in [-0.4, -0.2) is 17.8 Å². The zero-order valence-corrected chi connectivity index (χ0v) is 22.1. The second kappa shape index (κ2) is 10.2. The molecule has 5 aromatic rings. The summed E-state index contributed by atoms with van der Waals surface area (Å²) in [4.78, 5) is 40.6. The van der Waals surface area contributed by atoms with Crippen LogP contribution in [-0.2, 0) is 16.2 Å². The number of hydrogen-bond acceptors (Lipinski definition) is 4. The fraction of sp³-hybridized carbons (Fsp3) is 0.0882. The summed E-state index contributed by atoms with van der Waals surface area (Å²) in [6, 6.07) is 30.4. The average Bonchev–Trinajstić information content (AvgIpc) is 2.96. The Morgan fingerprint density at radius 3 is 2.27 bits per heavy atom. The van der Waals surface area contributed by atoms with Gasteiger partial charge in [0.2, 0.25) is 0 Å². The van der Waals surface area contributed by atoms with E-state index in [2.05, 4.69) is 23.5 Å². The van der Waals surface area contributed by atoms with Gasteiger partial charge in [0.1, 0.15) is 17.9 Å². The van der Waals surface area contributed by atoms with Crippen LogP contribution >= 0.6 is 0 Å². The highest BCUT2D eigenvalue weighted by Gasteiger charge is 2.37. The summed E-state index contributed by atoms with van der Waals surface area (Å²) in [6.45, 7) is 4.00. The first-order valence-corrected chi connectivity index (χ1v) is 13.0. The molecule has 0 atom stereocenters. The molecule has 1 fully saturated rings. The van der Waals surface area contributed by atoms with Crippen LogP contribution in [0, 0.1) is 13.8 Å². The van der Waals surface area contributed by atoms with Gasteiger partial charge in [-0.2, -0.15) is 0 Å². The third kappa shape index (κ3) is 4.50. The SMILES string of the molecule is Cc1ccc(C)c(N2C(=O)NC(=O)/C(=C\c3c(OCc4cccc5ccccc45)ccc4ccccc34)C2=O)c1. The number of barbiturate groups is 1. The standard InChI is InChI=1S/C34H26N2O4/c1-21-14-15-22(2)30(18-21)36-33(38)29(32(37)35-34(36)39)19-28-27-13-6-4-9-24(27)16-17-31(28)40-20-25-11-7-10-23-8-3-5-12-26(23)25/h3-19H,20H2,1-2H3,(H,35,37,39)/b29-19+. The maximum Gasteiger partial charge on any atom is 0.335 e. The zero-order chi connectivity index (χ0) is 27.8. The molecule has 1 aliphatic rings. The summed E-state index contributed by atoms with van der Waals surface area (Å²) in [7, 11) is 0. The van der Waals surface area contributed by atoms with Crippen molar-refractivity contribution in [1.29, 1.82) is 0 Å². The molecule has 6 nitrogen and oxygen atoms in total. The first kappa shape index (κ1) is 25.1. The van der Waals surface area contributed by atoms with Gasteiger partial charge in [0, 0.05) is 5.56 Å². The maximum atomic E-state index is 13.7. The van der Waals surface area contributed by atoms with Gasteiger partial charge in [-0.1, -0.05) is 84.9 Å². The predicted octanol–water partition coefficient (Wildman–Crippen LogP) is 6.86. The van der Waals surface area contributed by atoms with Gasteiger partial charge in [0.05, 0.1) is 5.69 Å². The van der Waals surface area contributed by atoms with E-state index in [9.17, 15) is 14.4 Å². The average molecular weight is 527 g/mol. The minimum atomic E-state index is -0.772. The van der Waals surface area contributed by atoms with Gasteiger partial charge in [0.15, 0.2) is 0 Å². The zero-order valence-electron chi connectivity index (χ0n) is 22.1. The summed E-state index contributed by atoms with van der Waals surface area (Å²) in [5.74, 6) is -0.908. The molecule has 0 spiro atoms. The molecule has 0 radical (unpaired) electrons. The normalized spacial score (nSPS) is 14.7. The van der Waals surface area contributed by atoms with Crippen molar-refractivity contribution in [2.45, 2.75) is 20.5 Å². The molecule has 0 unspecified atom stereocenters. The first-order valence-electron chi connectivity index (χ1n) is 13.0.